The Morgan fingerprint density at radius 2 is 1.52 bits per heavy atom. The summed E-state index contributed by atoms with van der Waals surface area (Å²) in [6.45, 7) is 2.42. The van der Waals surface area contributed by atoms with Gasteiger partial charge in [-0.25, -0.2) is 9.59 Å². The normalized spacial score (nSPS) is 22.1. The van der Waals surface area contributed by atoms with E-state index in [0.29, 0.717) is 13.0 Å². The van der Waals surface area contributed by atoms with Gasteiger partial charge in [0.25, 0.3) is 5.91 Å². The predicted molar refractivity (Wildman–Crippen MR) is 206 cm³/mol. The number of aromatic nitrogens is 2. The summed E-state index contributed by atoms with van der Waals surface area (Å²) in [6, 6.07) is 31.4. The molecular formula is C43H45N5O8. The minimum absolute atomic E-state index is 0.0414. The second kappa shape index (κ2) is 16.6. The van der Waals surface area contributed by atoms with Gasteiger partial charge in [-0.15, -0.1) is 0 Å². The van der Waals surface area contributed by atoms with Crippen LogP contribution in [-0.2, 0) is 43.6 Å². The van der Waals surface area contributed by atoms with Gasteiger partial charge in [0.1, 0.15) is 12.6 Å². The highest BCUT2D eigenvalue weighted by Gasteiger charge is 2.40. The van der Waals surface area contributed by atoms with Crippen molar-refractivity contribution in [2.75, 3.05) is 19.6 Å². The Morgan fingerprint density at radius 1 is 0.821 bits per heavy atom. The summed E-state index contributed by atoms with van der Waals surface area (Å²) < 4.78 is 20.3. The Balaban J connectivity index is 0.904. The third kappa shape index (κ3) is 8.31. The molecule has 290 valence electrons. The smallest absolute Gasteiger partial charge is 0.408 e. The molecule has 13 nitrogen and oxygen atoms in total. The van der Waals surface area contributed by atoms with Crippen LogP contribution in [0.3, 0.4) is 0 Å². The van der Waals surface area contributed by atoms with Gasteiger partial charge in [0.2, 0.25) is 5.91 Å². The van der Waals surface area contributed by atoms with Gasteiger partial charge in [0.15, 0.2) is 6.29 Å². The van der Waals surface area contributed by atoms with E-state index >= 15 is 0 Å². The van der Waals surface area contributed by atoms with Crippen LogP contribution in [0.4, 0.5) is 4.79 Å². The van der Waals surface area contributed by atoms with Gasteiger partial charge in [-0.05, 0) is 47.2 Å². The van der Waals surface area contributed by atoms with E-state index in [1.807, 2.05) is 108 Å². The average Bonchev–Trinajstić information content (AvgIpc) is 3.70. The van der Waals surface area contributed by atoms with E-state index in [1.54, 1.807) is 0 Å². The minimum atomic E-state index is -0.989. The number of H-pyrrole nitrogens is 1. The van der Waals surface area contributed by atoms with Crippen LogP contribution in [0.25, 0.3) is 11.0 Å². The van der Waals surface area contributed by atoms with E-state index in [4.69, 9.17) is 14.2 Å². The highest BCUT2D eigenvalue weighted by Crippen LogP contribution is 2.39. The van der Waals surface area contributed by atoms with E-state index in [1.165, 1.54) is 0 Å². The fourth-order valence-corrected chi connectivity index (χ4v) is 7.95. The highest BCUT2D eigenvalue weighted by atomic mass is 16.7. The monoisotopic (exact) mass is 759 g/mol. The number of ether oxygens (including phenoxy) is 3. The molecule has 8 rings (SSSR count). The van der Waals surface area contributed by atoms with E-state index in [0.717, 1.165) is 69.7 Å². The number of piperidine rings is 1. The molecular weight excluding hydrogens is 715 g/mol. The van der Waals surface area contributed by atoms with Crippen molar-refractivity contribution >= 4 is 28.9 Å². The number of fused-ring (bicyclic) bond motifs is 1. The number of hydrogen-bond acceptors (Lipinski definition) is 9. The molecule has 3 N–H and O–H groups in total. The summed E-state index contributed by atoms with van der Waals surface area (Å²) in [4.78, 5) is 57.8. The number of rotatable bonds is 11. The van der Waals surface area contributed by atoms with Crippen LogP contribution in [0, 0.1) is 0 Å². The number of alkyl carbamates (subject to hydrolysis) is 1. The van der Waals surface area contributed by atoms with Crippen LogP contribution >= 0.6 is 0 Å². The zero-order valence-electron chi connectivity index (χ0n) is 30.9. The van der Waals surface area contributed by atoms with Crippen LogP contribution in [0.1, 0.15) is 71.9 Å². The summed E-state index contributed by atoms with van der Waals surface area (Å²) in [5.74, 6) is -0.855. The highest BCUT2D eigenvalue weighted by molar-refractivity contribution is 6.06. The lowest BCUT2D eigenvalue weighted by atomic mass is 9.98. The summed E-state index contributed by atoms with van der Waals surface area (Å²) >= 11 is 0. The molecule has 4 heterocycles. The number of likely N-dealkylation sites (tertiary alicyclic amines) is 2. The number of nitrogens with one attached hydrogen (secondary N) is 2. The van der Waals surface area contributed by atoms with Crippen molar-refractivity contribution in [3.05, 3.63) is 141 Å². The molecule has 5 aromatic rings. The van der Waals surface area contributed by atoms with Crippen molar-refractivity contribution in [3.8, 4) is 0 Å². The number of carbonyl (C=O) groups is 3. The first kappa shape index (κ1) is 37.3. The van der Waals surface area contributed by atoms with Gasteiger partial charge in [0.05, 0.1) is 42.8 Å². The van der Waals surface area contributed by atoms with E-state index in [-0.39, 0.29) is 56.0 Å². The molecule has 4 atom stereocenters. The minimum Gasteiger partial charge on any atom is -0.445 e. The Bertz CT molecular complexity index is 2210. The Morgan fingerprint density at radius 3 is 2.27 bits per heavy atom. The zero-order valence-corrected chi connectivity index (χ0v) is 30.9. The van der Waals surface area contributed by atoms with Crippen molar-refractivity contribution in [2.45, 2.75) is 76.0 Å². The first-order valence-electron chi connectivity index (χ1n) is 19.1. The van der Waals surface area contributed by atoms with Crippen LogP contribution < -0.4 is 11.0 Å². The predicted octanol–water partition coefficient (Wildman–Crippen LogP) is 5.26. The van der Waals surface area contributed by atoms with Gasteiger partial charge in [-0.2, -0.15) is 0 Å². The third-order valence-corrected chi connectivity index (χ3v) is 11.0. The maximum absolute atomic E-state index is 13.2. The quantitative estimate of drug-likeness (QED) is 0.153. The molecule has 13 heteroatoms. The second-order valence-corrected chi connectivity index (χ2v) is 14.7. The molecule has 0 aliphatic carbocycles. The molecule has 4 aromatic carbocycles. The summed E-state index contributed by atoms with van der Waals surface area (Å²) in [5.41, 5.74) is 5.88. The van der Waals surface area contributed by atoms with Gasteiger partial charge < -0.3 is 34.5 Å². The zero-order chi connectivity index (χ0) is 38.6. The Hall–Kier alpha value is -5.60. The standard InChI is InChI=1S/C43H45N5O8/c49-26-29-12-14-31(15-13-29)38-22-34(25-46-20-18-33(19-21-46)48-37-9-5-4-8-35(37)44-42(48)52)55-41(56-38)32-16-10-28(11-17-32)24-47-39(50)23-36(40(47)51)45-43(53)54-27-30-6-2-1-3-7-30/h1-17,33-34,36,38,41,49H,18-27H2,(H,44,52)(H,45,53)/t34-,36?,38+,41+/m0/s1. The molecule has 3 fully saturated rings. The maximum Gasteiger partial charge on any atom is 0.408 e. The molecule has 3 aliphatic heterocycles. The van der Waals surface area contributed by atoms with Crippen molar-refractivity contribution in [1.29, 1.82) is 0 Å². The first-order chi connectivity index (χ1) is 27.3. The van der Waals surface area contributed by atoms with E-state index < -0.39 is 24.3 Å². The van der Waals surface area contributed by atoms with Crippen molar-refractivity contribution in [2.24, 2.45) is 0 Å². The van der Waals surface area contributed by atoms with Crippen LogP contribution in [0.15, 0.2) is 108 Å². The molecule has 1 unspecified atom stereocenters. The number of nitrogens with zero attached hydrogens (tertiary/aromatic N) is 3. The molecule has 0 saturated carbocycles. The molecule has 0 bridgehead atoms. The Labute approximate surface area is 323 Å². The molecule has 3 saturated heterocycles. The molecule has 56 heavy (non-hydrogen) atoms. The second-order valence-electron chi connectivity index (χ2n) is 14.7. The maximum atomic E-state index is 13.2. The van der Waals surface area contributed by atoms with Crippen molar-refractivity contribution < 1.29 is 33.7 Å². The average molecular weight is 760 g/mol. The topological polar surface area (TPSA) is 155 Å². The lowest BCUT2D eigenvalue weighted by molar-refractivity contribution is -0.253. The summed E-state index contributed by atoms with van der Waals surface area (Å²) in [5, 5.41) is 12.1. The number of imidazole rings is 1. The van der Waals surface area contributed by atoms with Crippen molar-refractivity contribution in [1.82, 2.24) is 24.7 Å². The van der Waals surface area contributed by atoms with E-state index in [2.05, 4.69) is 15.2 Å². The largest absolute Gasteiger partial charge is 0.445 e. The van der Waals surface area contributed by atoms with Crippen LogP contribution in [-0.4, -0.2) is 74.1 Å². The fourth-order valence-electron chi connectivity index (χ4n) is 7.95. The SMILES string of the molecule is O=C(NC1CC(=O)N(Cc2ccc([C@@H]3O[C@H](CN4CCC(n5c(=O)[nH]c6ccccc65)CC4)C[C@H](c4ccc(CO)cc4)O3)cc2)C1=O)OCc1ccccc1. The summed E-state index contributed by atoms with van der Waals surface area (Å²) in [7, 11) is 0. The number of aliphatic hydroxyl groups is 1. The molecule has 0 spiro atoms. The van der Waals surface area contributed by atoms with Gasteiger partial charge >= 0.3 is 11.8 Å². The number of amides is 3. The van der Waals surface area contributed by atoms with E-state index in [9.17, 15) is 24.3 Å². The summed E-state index contributed by atoms with van der Waals surface area (Å²) in [6.07, 6.45) is 0.373. The lowest BCUT2D eigenvalue weighted by Gasteiger charge is -2.40. The molecule has 1 aromatic heterocycles. The van der Waals surface area contributed by atoms with Gasteiger partial charge in [-0.3, -0.25) is 19.1 Å². The number of aliphatic hydroxyl groups excluding tert-OH is 1. The van der Waals surface area contributed by atoms with Crippen LogP contribution in [0.5, 0.6) is 0 Å². The number of imide groups is 1. The third-order valence-electron chi connectivity index (χ3n) is 11.0. The fraction of sp³-hybridized carbons (Fsp3) is 0.349. The van der Waals surface area contributed by atoms with Crippen LogP contribution in [0.2, 0.25) is 0 Å². The number of hydrogen-bond donors (Lipinski definition) is 3. The van der Waals surface area contributed by atoms with Crippen molar-refractivity contribution in [3.63, 3.8) is 0 Å². The molecule has 3 aliphatic rings. The number of carbonyl (C=O) groups excluding carboxylic acids is 3. The number of para-hydroxylation sites is 2. The van der Waals surface area contributed by atoms with Gasteiger partial charge in [0, 0.05) is 37.7 Å². The molecule has 0 radical (unpaired) electrons. The van der Waals surface area contributed by atoms with Gasteiger partial charge in [-0.1, -0.05) is 91.0 Å². The lowest BCUT2D eigenvalue weighted by Crippen LogP contribution is -2.43. The Kier molecular flexibility index (Phi) is 11.1. The number of aromatic amines is 1. The number of benzene rings is 4. The first-order valence-corrected chi connectivity index (χ1v) is 19.1. The molecule has 3 amide bonds.